The van der Waals surface area contributed by atoms with Crippen molar-refractivity contribution < 1.29 is 23.8 Å². The van der Waals surface area contributed by atoms with Crippen LogP contribution in [0.15, 0.2) is 24.3 Å². The molecule has 1 unspecified atom stereocenters. The molecule has 0 aliphatic heterocycles. The molecular weight excluding hydrogens is 370 g/mol. The van der Waals surface area contributed by atoms with Gasteiger partial charge < -0.3 is 19.5 Å². The topological polar surface area (TPSA) is 73.9 Å². The molecule has 0 amide bonds. The summed E-state index contributed by atoms with van der Waals surface area (Å²) in [7, 11) is 0. The molecule has 0 aromatic heterocycles. The summed E-state index contributed by atoms with van der Waals surface area (Å²) in [6, 6.07) is 7.68. The predicted molar refractivity (Wildman–Crippen MR) is 114 cm³/mol. The lowest BCUT2D eigenvalue weighted by atomic mass is 10.1. The summed E-state index contributed by atoms with van der Waals surface area (Å²) in [4.78, 5) is 23.5. The third-order valence-corrected chi connectivity index (χ3v) is 4.47. The van der Waals surface area contributed by atoms with Crippen LogP contribution in [0.3, 0.4) is 0 Å². The molecular formula is C23H37NO5. The minimum atomic E-state index is -0.293. The van der Waals surface area contributed by atoms with Crippen LogP contribution in [0, 0.1) is 6.92 Å². The Bertz CT molecular complexity index is 590. The summed E-state index contributed by atoms with van der Waals surface area (Å²) in [5.74, 6) is 0.542. The third kappa shape index (κ3) is 12.2. The lowest BCUT2D eigenvalue weighted by molar-refractivity contribution is -0.146. The number of nitrogens with one attached hydrogen (secondary N) is 1. The molecule has 6 heteroatoms. The Balaban J connectivity index is 2.22. The number of esters is 2. The Labute approximate surface area is 175 Å². The largest absolute Gasteiger partial charge is 0.494 e. The summed E-state index contributed by atoms with van der Waals surface area (Å²) in [5.41, 5.74) is 1.17. The average Bonchev–Trinajstić information content (AvgIpc) is 2.69. The van der Waals surface area contributed by atoms with Crippen molar-refractivity contribution in [3.8, 4) is 5.75 Å². The summed E-state index contributed by atoms with van der Waals surface area (Å²) in [6.07, 6.45) is 5.69. The predicted octanol–water partition coefficient (Wildman–Crippen LogP) is 4.19. The van der Waals surface area contributed by atoms with E-state index in [1.165, 1.54) is 5.56 Å². The molecule has 0 bridgehead atoms. The Morgan fingerprint density at radius 3 is 2.48 bits per heavy atom. The van der Waals surface area contributed by atoms with Gasteiger partial charge in [0, 0.05) is 6.42 Å². The van der Waals surface area contributed by atoms with Crippen molar-refractivity contribution in [2.75, 3.05) is 26.4 Å². The Morgan fingerprint density at radius 2 is 1.76 bits per heavy atom. The van der Waals surface area contributed by atoms with Crippen molar-refractivity contribution in [3.63, 3.8) is 0 Å². The van der Waals surface area contributed by atoms with Crippen LogP contribution < -0.4 is 10.1 Å². The second-order valence-electron chi connectivity index (χ2n) is 7.04. The van der Waals surface area contributed by atoms with Gasteiger partial charge in [0.05, 0.1) is 19.8 Å². The summed E-state index contributed by atoms with van der Waals surface area (Å²) >= 11 is 0. The Kier molecular flexibility index (Phi) is 13.6. The minimum absolute atomic E-state index is 0.133. The lowest BCUT2D eigenvalue weighted by Crippen LogP contribution is -2.39. The molecule has 0 saturated carbocycles. The number of benzene rings is 1. The van der Waals surface area contributed by atoms with Crippen LogP contribution >= 0.6 is 0 Å². The molecule has 0 heterocycles. The second kappa shape index (κ2) is 15.8. The van der Waals surface area contributed by atoms with Crippen LogP contribution in [0.25, 0.3) is 0 Å². The summed E-state index contributed by atoms with van der Waals surface area (Å²) in [6.45, 7) is 7.77. The van der Waals surface area contributed by atoms with E-state index in [2.05, 4.69) is 5.32 Å². The van der Waals surface area contributed by atoms with E-state index >= 15 is 0 Å². The second-order valence-corrected chi connectivity index (χ2v) is 7.04. The molecule has 0 spiro atoms. The van der Waals surface area contributed by atoms with Crippen molar-refractivity contribution in [2.45, 2.75) is 71.8 Å². The van der Waals surface area contributed by atoms with Crippen molar-refractivity contribution in [2.24, 2.45) is 0 Å². The number of rotatable bonds is 16. The van der Waals surface area contributed by atoms with E-state index in [9.17, 15) is 9.59 Å². The zero-order valence-electron chi connectivity index (χ0n) is 18.2. The molecule has 1 rings (SSSR count). The first kappa shape index (κ1) is 25.0. The molecule has 1 aromatic carbocycles. The van der Waals surface area contributed by atoms with E-state index < -0.39 is 0 Å². The molecule has 1 atom stereocenters. The van der Waals surface area contributed by atoms with E-state index in [1.807, 2.05) is 45.0 Å². The molecule has 0 saturated heterocycles. The van der Waals surface area contributed by atoms with Gasteiger partial charge in [0.25, 0.3) is 0 Å². The first-order valence-corrected chi connectivity index (χ1v) is 10.8. The van der Waals surface area contributed by atoms with Crippen molar-refractivity contribution in [1.82, 2.24) is 5.32 Å². The van der Waals surface area contributed by atoms with Gasteiger partial charge in [-0.25, -0.2) is 0 Å². The maximum Gasteiger partial charge on any atom is 0.323 e. The van der Waals surface area contributed by atoms with Gasteiger partial charge in [-0.05, 0) is 64.3 Å². The van der Waals surface area contributed by atoms with Gasteiger partial charge in [-0.1, -0.05) is 31.4 Å². The van der Waals surface area contributed by atoms with E-state index in [4.69, 9.17) is 14.2 Å². The quantitative estimate of drug-likeness (QED) is 0.327. The zero-order valence-corrected chi connectivity index (χ0v) is 18.2. The van der Waals surface area contributed by atoms with Gasteiger partial charge in [0.15, 0.2) is 0 Å². The van der Waals surface area contributed by atoms with Gasteiger partial charge in [-0.15, -0.1) is 0 Å². The molecule has 164 valence electrons. The molecule has 0 fully saturated rings. The highest BCUT2D eigenvalue weighted by Crippen LogP contribution is 2.13. The molecule has 0 radical (unpaired) electrons. The van der Waals surface area contributed by atoms with Crippen LogP contribution in [-0.4, -0.2) is 44.3 Å². The molecule has 29 heavy (non-hydrogen) atoms. The van der Waals surface area contributed by atoms with Crippen molar-refractivity contribution in [3.05, 3.63) is 29.8 Å². The molecule has 1 aromatic rings. The SMILES string of the molecule is CCOC(=O)CCCCCCC(NCCCOc1cccc(C)c1)C(=O)OCC. The van der Waals surface area contributed by atoms with Crippen molar-refractivity contribution in [1.29, 1.82) is 0 Å². The Morgan fingerprint density at radius 1 is 1.00 bits per heavy atom. The highest BCUT2D eigenvalue weighted by atomic mass is 16.5. The number of hydrogen-bond acceptors (Lipinski definition) is 6. The first-order valence-electron chi connectivity index (χ1n) is 10.8. The van der Waals surface area contributed by atoms with Gasteiger partial charge in [-0.2, -0.15) is 0 Å². The standard InChI is InChI=1S/C23H37NO5/c1-4-27-22(25)15-9-7-6-8-14-21(23(26)28-5-2)24-16-11-17-29-20-13-10-12-19(3)18-20/h10,12-13,18,21,24H,4-9,11,14-17H2,1-3H3. The van der Waals surface area contributed by atoms with Gasteiger partial charge in [-0.3, -0.25) is 9.59 Å². The molecule has 0 aliphatic carbocycles. The van der Waals surface area contributed by atoms with Crippen LogP contribution in [0.4, 0.5) is 0 Å². The van der Waals surface area contributed by atoms with Gasteiger partial charge in [0.2, 0.25) is 0 Å². The fourth-order valence-corrected chi connectivity index (χ4v) is 2.99. The molecule has 0 aliphatic rings. The van der Waals surface area contributed by atoms with Crippen LogP contribution in [0.2, 0.25) is 0 Å². The number of unbranched alkanes of at least 4 members (excludes halogenated alkanes) is 3. The monoisotopic (exact) mass is 407 g/mol. The van der Waals surface area contributed by atoms with E-state index in [-0.39, 0.29) is 18.0 Å². The minimum Gasteiger partial charge on any atom is -0.494 e. The maximum absolute atomic E-state index is 12.2. The smallest absolute Gasteiger partial charge is 0.323 e. The van der Waals surface area contributed by atoms with E-state index in [0.717, 1.165) is 44.3 Å². The van der Waals surface area contributed by atoms with Crippen LogP contribution in [-0.2, 0) is 19.1 Å². The fraction of sp³-hybridized carbons (Fsp3) is 0.652. The number of carbonyl (C=O) groups excluding carboxylic acids is 2. The highest BCUT2D eigenvalue weighted by Gasteiger charge is 2.18. The number of ether oxygens (including phenoxy) is 3. The summed E-state index contributed by atoms with van der Waals surface area (Å²) in [5, 5.41) is 3.30. The van der Waals surface area contributed by atoms with Crippen molar-refractivity contribution >= 4 is 11.9 Å². The zero-order chi connectivity index (χ0) is 21.3. The molecule has 1 N–H and O–H groups in total. The average molecular weight is 408 g/mol. The fourth-order valence-electron chi connectivity index (χ4n) is 2.99. The number of hydrogen-bond donors (Lipinski definition) is 1. The highest BCUT2D eigenvalue weighted by molar-refractivity contribution is 5.75. The van der Waals surface area contributed by atoms with Crippen LogP contribution in [0.5, 0.6) is 5.75 Å². The third-order valence-electron chi connectivity index (χ3n) is 4.47. The molecule has 6 nitrogen and oxygen atoms in total. The van der Waals surface area contributed by atoms with Gasteiger partial charge in [0.1, 0.15) is 11.8 Å². The first-order chi connectivity index (χ1) is 14.1. The lowest BCUT2D eigenvalue weighted by Gasteiger charge is -2.17. The number of aryl methyl sites for hydroxylation is 1. The summed E-state index contributed by atoms with van der Waals surface area (Å²) < 4.78 is 15.9. The van der Waals surface area contributed by atoms with Gasteiger partial charge >= 0.3 is 11.9 Å². The number of carbonyl (C=O) groups is 2. The van der Waals surface area contributed by atoms with Crippen LogP contribution in [0.1, 0.15) is 64.4 Å². The Hall–Kier alpha value is -2.08. The normalized spacial score (nSPS) is 11.7. The van der Waals surface area contributed by atoms with E-state index in [0.29, 0.717) is 32.8 Å². The van der Waals surface area contributed by atoms with E-state index in [1.54, 1.807) is 0 Å². The maximum atomic E-state index is 12.2.